The summed E-state index contributed by atoms with van der Waals surface area (Å²) in [5.41, 5.74) is 2.99. The van der Waals surface area contributed by atoms with Crippen molar-refractivity contribution in [2.24, 2.45) is 5.84 Å². The van der Waals surface area contributed by atoms with Gasteiger partial charge < -0.3 is 0 Å². The van der Waals surface area contributed by atoms with Crippen LogP contribution in [0.15, 0.2) is 29.6 Å². The molecule has 2 aromatic rings. The van der Waals surface area contributed by atoms with Gasteiger partial charge in [0.1, 0.15) is 11.6 Å². The van der Waals surface area contributed by atoms with E-state index in [2.05, 4.69) is 5.43 Å². The zero-order chi connectivity index (χ0) is 13.1. The average molecular weight is 289 g/mol. The van der Waals surface area contributed by atoms with Crippen molar-refractivity contribution in [3.63, 3.8) is 0 Å². The SMILES string of the molecule is NNC(Cc1ccc(F)cc1F)c1sccc1Cl. The third kappa shape index (κ3) is 2.87. The molecule has 0 radical (unpaired) electrons. The summed E-state index contributed by atoms with van der Waals surface area (Å²) in [6, 6.07) is 4.96. The summed E-state index contributed by atoms with van der Waals surface area (Å²) in [6.07, 6.45) is 0.308. The van der Waals surface area contributed by atoms with Gasteiger partial charge in [-0.2, -0.15) is 0 Å². The van der Waals surface area contributed by atoms with Crippen LogP contribution < -0.4 is 11.3 Å². The number of benzene rings is 1. The van der Waals surface area contributed by atoms with E-state index in [1.165, 1.54) is 23.5 Å². The van der Waals surface area contributed by atoms with Crippen molar-refractivity contribution in [3.05, 3.63) is 56.7 Å². The van der Waals surface area contributed by atoms with Crippen LogP contribution in [0.4, 0.5) is 8.78 Å². The van der Waals surface area contributed by atoms with Crippen molar-refractivity contribution >= 4 is 22.9 Å². The number of rotatable bonds is 4. The van der Waals surface area contributed by atoms with Crippen molar-refractivity contribution in [1.82, 2.24) is 5.43 Å². The minimum Gasteiger partial charge on any atom is -0.271 e. The fraction of sp³-hybridized carbons (Fsp3) is 0.167. The van der Waals surface area contributed by atoms with Gasteiger partial charge >= 0.3 is 0 Å². The summed E-state index contributed by atoms with van der Waals surface area (Å²) in [4.78, 5) is 0.836. The van der Waals surface area contributed by atoms with E-state index in [1.807, 2.05) is 5.38 Å². The van der Waals surface area contributed by atoms with Crippen LogP contribution >= 0.6 is 22.9 Å². The molecule has 18 heavy (non-hydrogen) atoms. The Morgan fingerprint density at radius 1 is 1.33 bits per heavy atom. The second kappa shape index (κ2) is 5.75. The van der Waals surface area contributed by atoms with Crippen LogP contribution in [0, 0.1) is 11.6 Å². The fourth-order valence-electron chi connectivity index (χ4n) is 1.69. The number of halogens is 3. The van der Waals surface area contributed by atoms with E-state index >= 15 is 0 Å². The predicted octanol–water partition coefficient (Wildman–Crippen LogP) is 3.43. The number of hydrogen-bond acceptors (Lipinski definition) is 3. The molecular weight excluding hydrogens is 278 g/mol. The Balaban J connectivity index is 2.23. The molecule has 1 aromatic carbocycles. The Kier molecular flexibility index (Phi) is 4.29. The topological polar surface area (TPSA) is 38.0 Å². The molecule has 96 valence electrons. The molecule has 2 nitrogen and oxygen atoms in total. The van der Waals surface area contributed by atoms with Crippen molar-refractivity contribution in [1.29, 1.82) is 0 Å². The highest BCUT2D eigenvalue weighted by atomic mass is 35.5. The monoisotopic (exact) mass is 288 g/mol. The van der Waals surface area contributed by atoms with Gasteiger partial charge in [-0.15, -0.1) is 11.3 Å². The second-order valence-electron chi connectivity index (χ2n) is 3.79. The Morgan fingerprint density at radius 3 is 2.67 bits per heavy atom. The minimum absolute atomic E-state index is 0.294. The highest BCUT2D eigenvalue weighted by Crippen LogP contribution is 2.30. The van der Waals surface area contributed by atoms with E-state index < -0.39 is 11.6 Å². The number of hydrogen-bond donors (Lipinski definition) is 2. The number of hydrazine groups is 1. The first-order valence-electron chi connectivity index (χ1n) is 5.24. The summed E-state index contributed by atoms with van der Waals surface area (Å²) in [7, 11) is 0. The lowest BCUT2D eigenvalue weighted by Crippen LogP contribution is -2.29. The maximum absolute atomic E-state index is 13.6. The quantitative estimate of drug-likeness (QED) is 0.668. The molecule has 0 fully saturated rings. The van der Waals surface area contributed by atoms with Crippen LogP contribution in [-0.4, -0.2) is 0 Å². The van der Waals surface area contributed by atoms with Gasteiger partial charge in [-0.3, -0.25) is 11.3 Å². The molecule has 1 atom stereocenters. The van der Waals surface area contributed by atoms with E-state index in [0.717, 1.165) is 10.9 Å². The standard InChI is InChI=1S/C12H11ClF2N2S/c13-9-3-4-18-12(9)11(17-16)5-7-1-2-8(14)6-10(7)15/h1-4,6,11,17H,5,16H2. The zero-order valence-electron chi connectivity index (χ0n) is 9.29. The molecule has 6 heteroatoms. The molecule has 0 saturated carbocycles. The zero-order valence-corrected chi connectivity index (χ0v) is 10.9. The molecule has 1 heterocycles. The van der Waals surface area contributed by atoms with E-state index in [-0.39, 0.29) is 6.04 Å². The smallest absolute Gasteiger partial charge is 0.129 e. The molecule has 0 aliphatic heterocycles. The van der Waals surface area contributed by atoms with Gasteiger partial charge in [0, 0.05) is 10.9 Å². The molecule has 0 bridgehead atoms. The molecular formula is C12H11ClF2N2S. The minimum atomic E-state index is -0.595. The van der Waals surface area contributed by atoms with Crippen LogP contribution in [-0.2, 0) is 6.42 Å². The number of nitrogens with two attached hydrogens (primary N) is 1. The van der Waals surface area contributed by atoms with Crippen molar-refractivity contribution in [3.8, 4) is 0 Å². The van der Waals surface area contributed by atoms with E-state index in [4.69, 9.17) is 17.4 Å². The molecule has 2 rings (SSSR count). The van der Waals surface area contributed by atoms with Crippen LogP contribution in [0.5, 0.6) is 0 Å². The maximum atomic E-state index is 13.6. The Hall–Kier alpha value is -1.01. The molecule has 1 unspecified atom stereocenters. The molecule has 0 aliphatic carbocycles. The molecule has 0 spiro atoms. The van der Waals surface area contributed by atoms with Gasteiger partial charge in [0.15, 0.2) is 0 Å². The van der Waals surface area contributed by atoms with Gasteiger partial charge in [0.25, 0.3) is 0 Å². The second-order valence-corrected chi connectivity index (χ2v) is 5.15. The maximum Gasteiger partial charge on any atom is 0.129 e. The van der Waals surface area contributed by atoms with E-state index in [9.17, 15) is 8.78 Å². The van der Waals surface area contributed by atoms with Crippen LogP contribution in [0.1, 0.15) is 16.5 Å². The van der Waals surface area contributed by atoms with Gasteiger partial charge in [0.2, 0.25) is 0 Å². The van der Waals surface area contributed by atoms with Crippen molar-refractivity contribution < 1.29 is 8.78 Å². The summed E-state index contributed by atoms with van der Waals surface area (Å²) in [5, 5.41) is 2.42. The van der Waals surface area contributed by atoms with Gasteiger partial charge in [-0.05, 0) is 29.5 Å². The van der Waals surface area contributed by atoms with Crippen LogP contribution in [0.2, 0.25) is 5.02 Å². The lowest BCUT2D eigenvalue weighted by atomic mass is 10.0. The van der Waals surface area contributed by atoms with Crippen molar-refractivity contribution in [2.75, 3.05) is 0 Å². The summed E-state index contributed by atoms with van der Waals surface area (Å²) >= 11 is 7.45. The normalized spacial score (nSPS) is 12.7. The highest BCUT2D eigenvalue weighted by Gasteiger charge is 2.17. The van der Waals surface area contributed by atoms with Gasteiger partial charge in [-0.1, -0.05) is 17.7 Å². The lowest BCUT2D eigenvalue weighted by Gasteiger charge is -2.15. The molecule has 0 saturated heterocycles. The lowest BCUT2D eigenvalue weighted by molar-refractivity contribution is 0.527. The van der Waals surface area contributed by atoms with E-state index in [1.54, 1.807) is 6.07 Å². The van der Waals surface area contributed by atoms with E-state index in [0.29, 0.717) is 17.0 Å². The average Bonchev–Trinajstić information content (AvgIpc) is 2.75. The first-order valence-corrected chi connectivity index (χ1v) is 6.50. The van der Waals surface area contributed by atoms with Crippen LogP contribution in [0.3, 0.4) is 0 Å². The molecule has 0 amide bonds. The Labute approximate surface area is 112 Å². The highest BCUT2D eigenvalue weighted by molar-refractivity contribution is 7.10. The summed E-state index contributed by atoms with van der Waals surface area (Å²) < 4.78 is 26.4. The summed E-state index contributed by atoms with van der Waals surface area (Å²) in [6.45, 7) is 0. The van der Waals surface area contributed by atoms with Gasteiger partial charge in [-0.25, -0.2) is 8.78 Å². The van der Waals surface area contributed by atoms with Crippen molar-refractivity contribution in [2.45, 2.75) is 12.5 Å². The first kappa shape index (κ1) is 13.4. The fourth-order valence-corrected chi connectivity index (χ4v) is 2.94. The Bertz CT molecular complexity index is 545. The predicted molar refractivity (Wildman–Crippen MR) is 69.5 cm³/mol. The first-order chi connectivity index (χ1) is 8.61. The molecule has 3 N–H and O–H groups in total. The third-order valence-electron chi connectivity index (χ3n) is 2.60. The number of nitrogens with one attached hydrogen (secondary N) is 1. The Morgan fingerprint density at radius 2 is 2.11 bits per heavy atom. The third-order valence-corrected chi connectivity index (χ3v) is 4.07. The largest absolute Gasteiger partial charge is 0.271 e. The molecule has 1 aromatic heterocycles. The number of thiophene rings is 1. The van der Waals surface area contributed by atoms with Crippen LogP contribution in [0.25, 0.3) is 0 Å². The van der Waals surface area contributed by atoms with Gasteiger partial charge in [0.05, 0.1) is 11.1 Å². The summed E-state index contributed by atoms with van der Waals surface area (Å²) in [5.74, 6) is 4.29. The molecule has 0 aliphatic rings.